The molecule has 4 aromatic rings. The predicted octanol–water partition coefficient (Wildman–Crippen LogP) is 4.89. The van der Waals surface area contributed by atoms with Crippen LogP contribution >= 0.6 is 15.9 Å². The van der Waals surface area contributed by atoms with Crippen LogP contribution < -0.4 is 25.0 Å². The van der Waals surface area contributed by atoms with Crippen LogP contribution in [0.4, 0.5) is 34.5 Å². The van der Waals surface area contributed by atoms with E-state index in [2.05, 4.69) is 87.1 Å². The van der Waals surface area contributed by atoms with Gasteiger partial charge in [0.05, 0.1) is 40.4 Å². The molecule has 0 aliphatic carbocycles. The Bertz CT molecular complexity index is 1790. The molecule has 2 fully saturated rings. The van der Waals surface area contributed by atoms with Gasteiger partial charge in [0.15, 0.2) is 0 Å². The highest BCUT2D eigenvalue weighted by molar-refractivity contribution is 9.10. The summed E-state index contributed by atoms with van der Waals surface area (Å²) in [5.41, 5.74) is 5.22. The Morgan fingerprint density at radius 2 is 1.77 bits per heavy atom. The van der Waals surface area contributed by atoms with E-state index in [-0.39, 0.29) is 5.69 Å². The molecule has 43 heavy (non-hydrogen) atoms. The van der Waals surface area contributed by atoms with Gasteiger partial charge in [0.25, 0.3) is 0 Å². The van der Waals surface area contributed by atoms with E-state index in [1.54, 1.807) is 31.6 Å². The van der Waals surface area contributed by atoms with Crippen molar-refractivity contribution in [1.82, 2.24) is 24.8 Å². The highest BCUT2D eigenvalue weighted by atomic mass is 79.9. The summed E-state index contributed by atoms with van der Waals surface area (Å²) in [7, 11) is 0.243. The van der Waals surface area contributed by atoms with E-state index in [4.69, 9.17) is 4.74 Å². The standard InChI is InChI=1S/C29H34BrN9O3S/c1-18-13-22(24(42-3)14-23(18)39-11-7-29(8-12-39)16-38(2)17-29)35-28-33-15-19(30)27(36-28)34-21-6-5-20-25(32-10-9-31-20)26(21)37-43(4,40)41/h5-6,9-10,13-15,37H,7-8,11-12,16-17H2,1-4H3,(H2,33,34,35,36). The van der Waals surface area contributed by atoms with Crippen LogP contribution in [-0.2, 0) is 10.0 Å². The van der Waals surface area contributed by atoms with Crippen LogP contribution in [0.2, 0.25) is 0 Å². The van der Waals surface area contributed by atoms with Gasteiger partial charge in [0, 0.05) is 56.5 Å². The second-order valence-corrected chi connectivity index (χ2v) is 14.0. The molecule has 2 aromatic heterocycles. The van der Waals surface area contributed by atoms with Crippen molar-refractivity contribution >= 4 is 71.5 Å². The van der Waals surface area contributed by atoms with Crippen molar-refractivity contribution in [3.63, 3.8) is 0 Å². The molecule has 1 spiro atoms. The summed E-state index contributed by atoms with van der Waals surface area (Å²) in [6.07, 6.45) is 8.18. The smallest absolute Gasteiger partial charge is 0.229 e. The first-order chi connectivity index (χ1) is 20.5. The first kappa shape index (κ1) is 29.3. The first-order valence-electron chi connectivity index (χ1n) is 13.9. The highest BCUT2D eigenvalue weighted by Crippen LogP contribution is 2.43. The predicted molar refractivity (Wildman–Crippen MR) is 173 cm³/mol. The number of aromatic nitrogens is 4. The van der Waals surface area contributed by atoms with Gasteiger partial charge < -0.3 is 25.2 Å². The van der Waals surface area contributed by atoms with E-state index in [0.717, 1.165) is 30.6 Å². The van der Waals surface area contributed by atoms with Crippen LogP contribution in [0.5, 0.6) is 5.75 Å². The molecule has 6 rings (SSSR count). The molecule has 0 saturated carbocycles. The number of nitrogens with zero attached hydrogens (tertiary/aromatic N) is 6. The average molecular weight is 669 g/mol. The van der Waals surface area contributed by atoms with E-state index in [1.807, 2.05) is 0 Å². The van der Waals surface area contributed by atoms with Crippen LogP contribution in [0.3, 0.4) is 0 Å². The Morgan fingerprint density at radius 1 is 1.02 bits per heavy atom. The Labute approximate surface area is 259 Å². The van der Waals surface area contributed by atoms with Crippen molar-refractivity contribution in [2.75, 3.05) is 66.8 Å². The van der Waals surface area contributed by atoms with Crippen molar-refractivity contribution in [3.05, 3.63) is 52.9 Å². The minimum absolute atomic E-state index is 0.272. The maximum Gasteiger partial charge on any atom is 0.229 e. The third-order valence-electron chi connectivity index (χ3n) is 8.07. The second-order valence-electron chi connectivity index (χ2n) is 11.4. The number of piperidine rings is 1. The number of nitrogens with one attached hydrogen (secondary N) is 3. The summed E-state index contributed by atoms with van der Waals surface area (Å²) < 4.78 is 33.3. The lowest BCUT2D eigenvalue weighted by molar-refractivity contribution is 0.00130. The van der Waals surface area contributed by atoms with E-state index in [0.29, 0.717) is 44.1 Å². The van der Waals surface area contributed by atoms with Crippen molar-refractivity contribution in [3.8, 4) is 5.75 Å². The second kappa shape index (κ2) is 11.4. The fourth-order valence-electron chi connectivity index (χ4n) is 6.11. The van der Waals surface area contributed by atoms with Gasteiger partial charge in [-0.15, -0.1) is 0 Å². The summed E-state index contributed by atoms with van der Waals surface area (Å²) in [4.78, 5) is 22.6. The van der Waals surface area contributed by atoms with Crippen molar-refractivity contribution in [2.45, 2.75) is 19.8 Å². The van der Waals surface area contributed by atoms with Crippen LogP contribution in [0.25, 0.3) is 11.0 Å². The zero-order valence-corrected chi connectivity index (χ0v) is 26.9. The normalized spacial score (nSPS) is 16.6. The van der Waals surface area contributed by atoms with E-state index in [9.17, 15) is 8.42 Å². The van der Waals surface area contributed by atoms with Crippen LogP contribution in [0.15, 0.2) is 47.3 Å². The van der Waals surface area contributed by atoms with E-state index in [1.165, 1.54) is 37.8 Å². The molecule has 4 heterocycles. The van der Waals surface area contributed by atoms with Crippen LogP contribution in [0.1, 0.15) is 18.4 Å². The third kappa shape index (κ3) is 6.17. The molecular weight excluding hydrogens is 634 g/mol. The minimum atomic E-state index is -3.61. The SMILES string of the molecule is COc1cc(N2CCC3(CC2)CN(C)C3)c(C)cc1Nc1ncc(Br)c(Nc2ccc3nccnc3c2NS(C)(=O)=O)n1. The number of rotatable bonds is 8. The maximum atomic E-state index is 12.2. The number of ether oxygens (including phenoxy) is 1. The van der Waals surface area contributed by atoms with Crippen LogP contribution in [-0.4, -0.2) is 79.8 Å². The first-order valence-corrected chi connectivity index (χ1v) is 16.6. The highest BCUT2D eigenvalue weighted by Gasteiger charge is 2.43. The molecule has 0 atom stereocenters. The van der Waals surface area contributed by atoms with Crippen molar-refractivity contribution in [2.24, 2.45) is 5.41 Å². The molecule has 2 aliphatic rings. The number of halogens is 1. The summed E-state index contributed by atoms with van der Waals surface area (Å²) in [5.74, 6) is 1.45. The lowest BCUT2D eigenvalue weighted by Crippen LogP contribution is -2.58. The molecule has 0 radical (unpaired) electrons. The fraction of sp³-hybridized carbons (Fsp3) is 0.379. The van der Waals surface area contributed by atoms with Gasteiger partial charge in [-0.05, 0) is 71.9 Å². The van der Waals surface area contributed by atoms with Gasteiger partial charge in [-0.25, -0.2) is 13.4 Å². The molecule has 2 saturated heterocycles. The van der Waals surface area contributed by atoms with Gasteiger partial charge >= 0.3 is 0 Å². The number of sulfonamides is 1. The molecule has 0 unspecified atom stereocenters. The monoisotopic (exact) mass is 667 g/mol. The lowest BCUT2D eigenvalue weighted by Gasteiger charge is -2.53. The van der Waals surface area contributed by atoms with E-state index < -0.39 is 10.0 Å². The number of anilines is 6. The van der Waals surface area contributed by atoms with Crippen molar-refractivity contribution in [1.29, 1.82) is 0 Å². The number of hydrogen-bond donors (Lipinski definition) is 3. The molecule has 12 nitrogen and oxygen atoms in total. The largest absolute Gasteiger partial charge is 0.494 e. The summed E-state index contributed by atoms with van der Waals surface area (Å²) in [5, 5.41) is 6.52. The Kier molecular flexibility index (Phi) is 7.77. The molecule has 226 valence electrons. The number of methoxy groups -OCH3 is 1. The third-order valence-corrected chi connectivity index (χ3v) is 9.22. The quantitative estimate of drug-likeness (QED) is 0.237. The number of benzene rings is 2. The number of aryl methyl sites for hydroxylation is 1. The van der Waals surface area contributed by atoms with Crippen LogP contribution in [0, 0.1) is 12.3 Å². The molecule has 0 bridgehead atoms. The molecular formula is C29H34BrN9O3S. The molecule has 2 aromatic carbocycles. The number of fused-ring (bicyclic) bond motifs is 1. The molecule has 2 aliphatic heterocycles. The number of likely N-dealkylation sites (tertiary alicyclic amines) is 1. The Hall–Kier alpha value is -3.75. The zero-order valence-electron chi connectivity index (χ0n) is 24.5. The summed E-state index contributed by atoms with van der Waals surface area (Å²) in [6, 6.07) is 7.63. The van der Waals surface area contributed by atoms with Gasteiger partial charge in [-0.3, -0.25) is 14.7 Å². The van der Waals surface area contributed by atoms with Gasteiger partial charge in [-0.2, -0.15) is 4.98 Å². The van der Waals surface area contributed by atoms with Gasteiger partial charge in [0.1, 0.15) is 17.1 Å². The van der Waals surface area contributed by atoms with Gasteiger partial charge in [-0.1, -0.05) is 0 Å². The number of hydrogen-bond acceptors (Lipinski definition) is 11. The molecule has 0 amide bonds. The average Bonchev–Trinajstić information content (AvgIpc) is 2.95. The molecule has 3 N–H and O–H groups in total. The maximum absolute atomic E-state index is 12.2. The lowest BCUT2D eigenvalue weighted by atomic mass is 9.72. The molecule has 14 heteroatoms. The Balaban J connectivity index is 1.25. The fourth-order valence-corrected chi connectivity index (χ4v) is 6.98. The van der Waals surface area contributed by atoms with E-state index >= 15 is 0 Å². The zero-order chi connectivity index (χ0) is 30.4. The topological polar surface area (TPSA) is 138 Å². The summed E-state index contributed by atoms with van der Waals surface area (Å²) in [6.45, 7) is 6.56. The summed E-state index contributed by atoms with van der Waals surface area (Å²) >= 11 is 3.51. The Morgan fingerprint density at radius 3 is 2.47 bits per heavy atom. The van der Waals surface area contributed by atoms with Gasteiger partial charge in [0.2, 0.25) is 16.0 Å². The minimum Gasteiger partial charge on any atom is -0.494 e. The van der Waals surface area contributed by atoms with Crippen molar-refractivity contribution < 1.29 is 13.2 Å².